The molecule has 1 aromatic carbocycles. The van der Waals surface area contributed by atoms with Crippen LogP contribution in [0.3, 0.4) is 0 Å². The Morgan fingerprint density at radius 2 is 1.43 bits per heavy atom. The monoisotopic (exact) mass is 623 g/mol. The van der Waals surface area contributed by atoms with Crippen LogP contribution < -0.4 is 5.32 Å². The molecule has 204 valence electrons. The number of phenols is 2. The lowest BCUT2D eigenvalue weighted by molar-refractivity contribution is -0.148. The number of amides is 1. The fourth-order valence-electron chi connectivity index (χ4n) is 3.32. The summed E-state index contributed by atoms with van der Waals surface area (Å²) in [5, 5.41) is 21.7. The Morgan fingerprint density at radius 1 is 0.865 bits per heavy atom. The fourth-order valence-corrected chi connectivity index (χ4v) is 4.04. The number of halogens is 1. The molecule has 0 saturated carbocycles. The molecule has 0 spiro atoms. The van der Waals surface area contributed by atoms with Gasteiger partial charge >= 0.3 is 5.97 Å². The maximum Gasteiger partial charge on any atom is 0.306 e. The van der Waals surface area contributed by atoms with Crippen LogP contribution >= 0.6 is 22.6 Å². The van der Waals surface area contributed by atoms with Gasteiger partial charge in [0.2, 0.25) is 0 Å². The van der Waals surface area contributed by atoms with E-state index in [2.05, 4.69) is 83.4 Å². The van der Waals surface area contributed by atoms with Gasteiger partial charge in [0, 0.05) is 16.5 Å². The Hall–Kier alpha value is -2.55. The van der Waals surface area contributed by atoms with E-state index in [1.54, 1.807) is 0 Å². The number of esters is 1. The summed E-state index contributed by atoms with van der Waals surface area (Å²) < 4.78 is 5.82. The van der Waals surface area contributed by atoms with Crippen LogP contribution in [0.5, 0.6) is 11.5 Å². The lowest BCUT2D eigenvalue weighted by Crippen LogP contribution is -2.30. The van der Waals surface area contributed by atoms with Crippen LogP contribution in [0.15, 0.2) is 60.7 Å². The highest BCUT2D eigenvalue weighted by atomic mass is 127. The summed E-state index contributed by atoms with van der Waals surface area (Å²) in [5.41, 5.74) is 0.810. The zero-order valence-corrected chi connectivity index (χ0v) is 24.1. The van der Waals surface area contributed by atoms with Crippen molar-refractivity contribution in [2.24, 2.45) is 0 Å². The summed E-state index contributed by atoms with van der Waals surface area (Å²) in [5.74, 6) is -1.12. The molecule has 0 atom stereocenters. The van der Waals surface area contributed by atoms with E-state index in [9.17, 15) is 19.8 Å². The molecular weight excluding hydrogens is 581 g/mol. The van der Waals surface area contributed by atoms with Gasteiger partial charge in [-0.15, -0.1) is 0 Å². The van der Waals surface area contributed by atoms with E-state index < -0.39 is 0 Å². The maximum absolute atomic E-state index is 11.9. The molecule has 0 heterocycles. The summed E-state index contributed by atoms with van der Waals surface area (Å²) in [7, 11) is 0. The quantitative estimate of drug-likeness (QED) is 0.0505. The van der Waals surface area contributed by atoms with Gasteiger partial charge in [0.15, 0.2) is 18.1 Å². The first-order valence-electron chi connectivity index (χ1n) is 13.2. The molecule has 3 N–H and O–H groups in total. The number of ether oxygens (including phenoxy) is 1. The Bertz CT molecular complexity index is 921. The average molecular weight is 624 g/mol. The van der Waals surface area contributed by atoms with Crippen molar-refractivity contribution in [1.29, 1.82) is 0 Å². The van der Waals surface area contributed by atoms with Gasteiger partial charge in [-0.2, -0.15) is 0 Å². The van der Waals surface area contributed by atoms with Crippen LogP contribution in [0.4, 0.5) is 0 Å². The van der Waals surface area contributed by atoms with Crippen LogP contribution in [0.1, 0.15) is 76.7 Å². The predicted octanol–water partition coefficient (Wildman–Crippen LogP) is 7.05. The molecule has 0 radical (unpaired) electrons. The van der Waals surface area contributed by atoms with Crippen molar-refractivity contribution in [2.45, 2.75) is 77.6 Å². The van der Waals surface area contributed by atoms with Crippen molar-refractivity contribution in [3.8, 4) is 11.5 Å². The smallest absolute Gasteiger partial charge is 0.306 e. The molecule has 0 aromatic heterocycles. The number of phenolic OH excluding ortho intramolecular Hbond substituents is 2. The molecule has 6 nitrogen and oxygen atoms in total. The highest BCUT2D eigenvalue weighted by Gasteiger charge is 2.09. The first-order valence-corrected chi connectivity index (χ1v) is 14.2. The van der Waals surface area contributed by atoms with Crippen molar-refractivity contribution >= 4 is 34.5 Å². The highest BCUT2D eigenvalue weighted by molar-refractivity contribution is 14.1. The summed E-state index contributed by atoms with van der Waals surface area (Å²) in [4.78, 5) is 23.7. The summed E-state index contributed by atoms with van der Waals surface area (Å²) in [6.45, 7) is 2.26. The molecule has 1 amide bonds. The first-order chi connectivity index (χ1) is 17.9. The lowest BCUT2D eigenvalue weighted by atomic mass is 10.1. The molecule has 1 aromatic rings. The van der Waals surface area contributed by atoms with Crippen molar-refractivity contribution < 1.29 is 24.5 Å². The van der Waals surface area contributed by atoms with Gasteiger partial charge in [-0.05, 0) is 91.7 Å². The fraction of sp³-hybridized carbons (Fsp3) is 0.467. The van der Waals surface area contributed by atoms with Crippen molar-refractivity contribution in [2.75, 3.05) is 13.2 Å². The van der Waals surface area contributed by atoms with Gasteiger partial charge in [-0.1, -0.05) is 68.4 Å². The molecule has 0 saturated heterocycles. The van der Waals surface area contributed by atoms with Gasteiger partial charge in [-0.25, -0.2) is 0 Å². The van der Waals surface area contributed by atoms with E-state index in [1.165, 1.54) is 37.8 Å². The van der Waals surface area contributed by atoms with Crippen LogP contribution in [0.25, 0.3) is 0 Å². The number of carbonyl (C=O) groups is 2. The Balaban J connectivity index is 2.02. The zero-order valence-electron chi connectivity index (χ0n) is 22.0. The van der Waals surface area contributed by atoms with Crippen molar-refractivity contribution in [1.82, 2.24) is 5.32 Å². The number of nitrogens with one attached hydrogen (secondary N) is 1. The maximum atomic E-state index is 11.9. The third-order valence-corrected chi connectivity index (χ3v) is 6.44. The molecule has 0 aliphatic carbocycles. The first kappa shape index (κ1) is 32.5. The summed E-state index contributed by atoms with van der Waals surface area (Å²) in [6, 6.07) is 2.94. The second kappa shape index (κ2) is 21.5. The summed E-state index contributed by atoms with van der Waals surface area (Å²) >= 11 is 2.06. The largest absolute Gasteiger partial charge is 0.504 e. The zero-order chi connectivity index (χ0) is 27.1. The van der Waals surface area contributed by atoms with Crippen molar-refractivity contribution in [3.63, 3.8) is 0 Å². The molecule has 0 bridgehead atoms. The van der Waals surface area contributed by atoms with E-state index in [1.807, 2.05) is 0 Å². The normalized spacial score (nSPS) is 11.8. The van der Waals surface area contributed by atoms with Crippen molar-refractivity contribution in [3.05, 3.63) is 69.9 Å². The minimum atomic E-state index is -0.385. The number of hydrogen-bond donors (Lipinski definition) is 3. The number of aromatic hydroxyl groups is 2. The minimum absolute atomic E-state index is 0.174. The topological polar surface area (TPSA) is 95.9 Å². The van der Waals surface area contributed by atoms with Gasteiger partial charge < -0.3 is 20.3 Å². The standard InChI is InChI=1S/C30H42INO5/c1-2-3-4-5-6-7-8-9-10-11-12-13-14-15-16-17-18-19-30(36)37-24-29(35)32-21-20-25-22-27(33)28(34)23-26(25)31/h6-7,9-10,12-13,15-16,22-23,33-34H,2-5,8,11,14,17-21,24H2,1H3,(H,32,35)/b7-6-,10-9-,13-12-,16-15-. The van der Waals surface area contributed by atoms with E-state index >= 15 is 0 Å². The van der Waals surface area contributed by atoms with E-state index in [0.29, 0.717) is 19.4 Å². The molecule has 1 rings (SSSR count). The molecule has 0 fully saturated rings. The molecule has 0 aliphatic heterocycles. The second-order valence-corrected chi connectivity index (χ2v) is 9.84. The number of benzene rings is 1. The predicted molar refractivity (Wildman–Crippen MR) is 159 cm³/mol. The molecule has 0 unspecified atom stereocenters. The Kier molecular flexibility index (Phi) is 18.9. The van der Waals surface area contributed by atoms with E-state index in [-0.39, 0.29) is 36.4 Å². The van der Waals surface area contributed by atoms with Gasteiger partial charge in [0.1, 0.15) is 0 Å². The lowest BCUT2D eigenvalue weighted by Gasteiger charge is -2.09. The van der Waals surface area contributed by atoms with E-state index in [4.69, 9.17) is 4.74 Å². The SMILES string of the molecule is CCCCC/C=C\C/C=C\C/C=C\C/C=C\CCCC(=O)OCC(=O)NCCc1cc(O)c(O)cc1I. The minimum Gasteiger partial charge on any atom is -0.504 e. The molecule has 37 heavy (non-hydrogen) atoms. The van der Waals surface area contributed by atoms with Crippen LogP contribution in [0.2, 0.25) is 0 Å². The number of allylic oxidation sites excluding steroid dienone is 8. The van der Waals surface area contributed by atoms with E-state index in [0.717, 1.165) is 34.8 Å². The van der Waals surface area contributed by atoms with Gasteiger partial charge in [0.05, 0.1) is 0 Å². The Labute approximate surface area is 235 Å². The number of carbonyl (C=O) groups excluding carboxylic acids is 2. The third-order valence-electron chi connectivity index (χ3n) is 5.43. The van der Waals surface area contributed by atoms with Crippen LogP contribution in [-0.2, 0) is 20.7 Å². The molecule has 7 heteroatoms. The average Bonchev–Trinajstić information content (AvgIpc) is 2.87. The Morgan fingerprint density at radius 3 is 2.05 bits per heavy atom. The molecule has 0 aliphatic rings. The van der Waals surface area contributed by atoms with Gasteiger partial charge in [-0.3, -0.25) is 9.59 Å². The van der Waals surface area contributed by atoms with Crippen LogP contribution in [0, 0.1) is 3.57 Å². The highest BCUT2D eigenvalue weighted by Crippen LogP contribution is 2.29. The number of hydrogen-bond acceptors (Lipinski definition) is 5. The molecular formula is C30H42INO5. The second-order valence-electron chi connectivity index (χ2n) is 8.67. The third kappa shape index (κ3) is 17.5. The number of unbranched alkanes of at least 4 members (excludes halogenated alkanes) is 4. The van der Waals surface area contributed by atoms with Crippen LogP contribution in [-0.4, -0.2) is 35.2 Å². The number of rotatable bonds is 19. The summed E-state index contributed by atoms with van der Waals surface area (Å²) in [6.07, 6.45) is 27.4. The van der Waals surface area contributed by atoms with Gasteiger partial charge in [0.25, 0.3) is 5.91 Å².